The van der Waals surface area contributed by atoms with Gasteiger partial charge < -0.3 is 14.4 Å². The van der Waals surface area contributed by atoms with Gasteiger partial charge in [-0.15, -0.1) is 0 Å². The molecular weight excluding hydrogens is 378 g/mol. The van der Waals surface area contributed by atoms with Crippen molar-refractivity contribution in [1.82, 2.24) is 4.90 Å². The number of hydrogen-bond donors (Lipinski definition) is 0. The smallest absolute Gasteiger partial charge is 0.320 e. The number of carbonyl (C=O) groups excluding carboxylic acids is 1. The van der Waals surface area contributed by atoms with Crippen LogP contribution in [0, 0.1) is 11.3 Å². The molecule has 2 bridgehead atoms. The SMILES string of the molecule is N#Cc1ccc(N2[C@@H]3CC[C@H]2CC(OC(=O)CN2CCOCC2)C3)c2ccccc12. The molecule has 3 aliphatic rings. The number of esters is 1. The molecule has 30 heavy (non-hydrogen) atoms. The third-order valence-corrected chi connectivity index (χ3v) is 6.74. The predicted molar refractivity (Wildman–Crippen MR) is 114 cm³/mol. The van der Waals surface area contributed by atoms with Crippen LogP contribution in [0.4, 0.5) is 5.69 Å². The molecule has 6 nitrogen and oxygen atoms in total. The lowest BCUT2D eigenvalue weighted by atomic mass is 9.96. The molecule has 2 aromatic carbocycles. The minimum atomic E-state index is -0.112. The lowest BCUT2D eigenvalue weighted by molar-refractivity contribution is -0.152. The fourth-order valence-corrected chi connectivity index (χ4v) is 5.39. The van der Waals surface area contributed by atoms with E-state index < -0.39 is 0 Å². The summed E-state index contributed by atoms with van der Waals surface area (Å²) in [6.07, 6.45) is 3.99. The number of nitriles is 1. The van der Waals surface area contributed by atoms with Crippen molar-refractivity contribution in [2.75, 3.05) is 37.7 Å². The third kappa shape index (κ3) is 3.64. The highest BCUT2D eigenvalue weighted by atomic mass is 16.5. The molecule has 0 aromatic heterocycles. The summed E-state index contributed by atoms with van der Waals surface area (Å²) in [5.74, 6) is -0.112. The quantitative estimate of drug-likeness (QED) is 0.729. The average Bonchev–Trinajstić information content (AvgIpc) is 3.03. The van der Waals surface area contributed by atoms with E-state index in [0.717, 1.165) is 49.5 Å². The van der Waals surface area contributed by atoms with Crippen LogP contribution in [0.2, 0.25) is 0 Å². The largest absolute Gasteiger partial charge is 0.461 e. The van der Waals surface area contributed by atoms with Gasteiger partial charge in [-0.1, -0.05) is 24.3 Å². The standard InChI is InChI=1S/C24H27N3O3/c25-15-17-5-8-23(22-4-2-1-3-21(17)22)27-18-6-7-19(27)14-20(13-18)30-24(28)16-26-9-11-29-12-10-26/h1-5,8,18-20H,6-7,9-14,16H2/t18-,19+,20?. The molecule has 1 unspecified atom stereocenters. The van der Waals surface area contributed by atoms with E-state index in [4.69, 9.17) is 9.47 Å². The Kier molecular flexibility index (Phi) is 5.32. The summed E-state index contributed by atoms with van der Waals surface area (Å²) in [5.41, 5.74) is 1.92. The van der Waals surface area contributed by atoms with Crippen LogP contribution in [0.25, 0.3) is 10.8 Å². The predicted octanol–water partition coefficient (Wildman–Crippen LogP) is 3.09. The molecule has 0 spiro atoms. The van der Waals surface area contributed by atoms with Gasteiger partial charge in [0.2, 0.25) is 0 Å². The first-order chi connectivity index (χ1) is 14.7. The van der Waals surface area contributed by atoms with Crippen LogP contribution < -0.4 is 4.90 Å². The molecular formula is C24H27N3O3. The molecule has 0 aliphatic carbocycles. The van der Waals surface area contributed by atoms with Gasteiger partial charge in [-0.05, 0) is 25.0 Å². The molecule has 3 fully saturated rings. The number of nitrogens with zero attached hydrogens (tertiary/aromatic N) is 3. The fraction of sp³-hybridized carbons (Fsp3) is 0.500. The van der Waals surface area contributed by atoms with Gasteiger partial charge in [0.1, 0.15) is 6.10 Å². The normalized spacial score (nSPS) is 26.5. The highest BCUT2D eigenvalue weighted by Gasteiger charge is 2.42. The molecule has 0 radical (unpaired) electrons. The molecule has 0 N–H and O–H groups in total. The number of rotatable bonds is 4. The summed E-state index contributed by atoms with van der Waals surface area (Å²) in [4.78, 5) is 17.1. The molecule has 3 aliphatic heterocycles. The van der Waals surface area contributed by atoms with Gasteiger partial charge in [0.25, 0.3) is 0 Å². The number of anilines is 1. The second-order valence-corrected chi connectivity index (χ2v) is 8.55. The highest BCUT2D eigenvalue weighted by Crippen LogP contribution is 2.43. The molecule has 3 saturated heterocycles. The molecule has 0 saturated carbocycles. The van der Waals surface area contributed by atoms with Crippen LogP contribution in [0.1, 0.15) is 31.2 Å². The summed E-state index contributed by atoms with van der Waals surface area (Å²) in [6, 6.07) is 15.3. The van der Waals surface area contributed by atoms with Gasteiger partial charge in [0.15, 0.2) is 0 Å². The van der Waals surface area contributed by atoms with Crippen LogP contribution in [-0.4, -0.2) is 61.9 Å². The Morgan fingerprint density at radius 1 is 1.07 bits per heavy atom. The lowest BCUT2D eigenvalue weighted by Gasteiger charge is -2.41. The van der Waals surface area contributed by atoms with Crippen LogP contribution in [-0.2, 0) is 14.3 Å². The average molecular weight is 405 g/mol. The van der Waals surface area contributed by atoms with Crippen LogP contribution in [0.3, 0.4) is 0 Å². The minimum Gasteiger partial charge on any atom is -0.461 e. The molecule has 2 aromatic rings. The van der Waals surface area contributed by atoms with E-state index in [1.807, 2.05) is 24.3 Å². The third-order valence-electron chi connectivity index (χ3n) is 6.74. The van der Waals surface area contributed by atoms with E-state index in [0.29, 0.717) is 37.4 Å². The van der Waals surface area contributed by atoms with E-state index in [-0.39, 0.29) is 12.1 Å². The van der Waals surface area contributed by atoms with Crippen LogP contribution >= 0.6 is 0 Å². The molecule has 156 valence electrons. The molecule has 3 atom stereocenters. The van der Waals surface area contributed by atoms with Crippen molar-refractivity contribution in [2.24, 2.45) is 0 Å². The number of morpholine rings is 1. The zero-order valence-electron chi connectivity index (χ0n) is 17.1. The molecule has 0 amide bonds. The summed E-state index contributed by atoms with van der Waals surface area (Å²) in [7, 11) is 0. The van der Waals surface area contributed by atoms with Crippen LogP contribution in [0.5, 0.6) is 0 Å². The first-order valence-electron chi connectivity index (χ1n) is 10.9. The maximum absolute atomic E-state index is 12.5. The number of ether oxygens (including phenoxy) is 2. The highest BCUT2D eigenvalue weighted by molar-refractivity contribution is 5.98. The van der Waals surface area contributed by atoms with Crippen molar-refractivity contribution in [1.29, 1.82) is 5.26 Å². The maximum Gasteiger partial charge on any atom is 0.320 e. The molecule has 5 rings (SSSR count). The Labute approximate surface area is 177 Å². The summed E-state index contributed by atoms with van der Waals surface area (Å²) in [5, 5.41) is 11.6. The number of fused-ring (bicyclic) bond motifs is 3. The fourth-order valence-electron chi connectivity index (χ4n) is 5.39. The maximum atomic E-state index is 12.5. The first kappa shape index (κ1) is 19.3. The van der Waals surface area contributed by atoms with Crippen molar-refractivity contribution in [3.63, 3.8) is 0 Å². The van der Waals surface area contributed by atoms with Gasteiger partial charge >= 0.3 is 5.97 Å². The van der Waals surface area contributed by atoms with Crippen molar-refractivity contribution < 1.29 is 14.3 Å². The topological polar surface area (TPSA) is 65.8 Å². The zero-order valence-corrected chi connectivity index (χ0v) is 17.1. The van der Waals surface area contributed by atoms with E-state index in [2.05, 4.69) is 28.0 Å². The van der Waals surface area contributed by atoms with Crippen molar-refractivity contribution in [3.05, 3.63) is 42.0 Å². The van der Waals surface area contributed by atoms with E-state index in [1.165, 1.54) is 5.69 Å². The molecule has 3 heterocycles. The Morgan fingerprint density at radius 2 is 1.77 bits per heavy atom. The number of carbonyl (C=O) groups is 1. The Balaban J connectivity index is 1.30. The van der Waals surface area contributed by atoms with Gasteiger partial charge in [-0.3, -0.25) is 9.69 Å². The summed E-state index contributed by atoms with van der Waals surface area (Å²) >= 11 is 0. The van der Waals surface area contributed by atoms with Gasteiger partial charge in [0, 0.05) is 54.5 Å². The van der Waals surface area contributed by atoms with E-state index in [9.17, 15) is 10.1 Å². The summed E-state index contributed by atoms with van der Waals surface area (Å²) < 4.78 is 11.2. The van der Waals surface area contributed by atoms with Crippen molar-refractivity contribution in [2.45, 2.75) is 43.9 Å². The molecule has 6 heteroatoms. The Hall–Kier alpha value is -2.62. The van der Waals surface area contributed by atoms with Gasteiger partial charge in [-0.2, -0.15) is 5.26 Å². The number of hydrogen-bond acceptors (Lipinski definition) is 6. The first-order valence-corrected chi connectivity index (χ1v) is 10.9. The van der Waals surface area contributed by atoms with Crippen molar-refractivity contribution in [3.8, 4) is 6.07 Å². The summed E-state index contributed by atoms with van der Waals surface area (Å²) in [6.45, 7) is 3.33. The van der Waals surface area contributed by atoms with E-state index in [1.54, 1.807) is 0 Å². The second-order valence-electron chi connectivity index (χ2n) is 8.55. The number of piperidine rings is 1. The van der Waals surface area contributed by atoms with E-state index >= 15 is 0 Å². The van der Waals surface area contributed by atoms with Crippen LogP contribution in [0.15, 0.2) is 36.4 Å². The van der Waals surface area contributed by atoms with Crippen molar-refractivity contribution >= 4 is 22.4 Å². The Morgan fingerprint density at radius 3 is 2.47 bits per heavy atom. The lowest BCUT2D eigenvalue weighted by Crippen LogP contribution is -2.47. The second kappa shape index (κ2) is 8.25. The number of benzene rings is 2. The van der Waals surface area contributed by atoms with Gasteiger partial charge in [-0.25, -0.2) is 0 Å². The zero-order chi connectivity index (χ0) is 20.5. The van der Waals surface area contributed by atoms with Gasteiger partial charge in [0.05, 0.1) is 31.4 Å². The Bertz CT molecular complexity index is 965. The monoisotopic (exact) mass is 405 g/mol. The minimum absolute atomic E-state index is 0.00284.